The molecule has 1 aliphatic rings. The van der Waals surface area contributed by atoms with Gasteiger partial charge in [0.05, 0.1) is 36.4 Å². The number of hydrogen-bond donors (Lipinski definition) is 2. The SMILES string of the molecule is Cc1ccc(CN2C(=O)N(CCC(=O)O)CN/C2=N\c2ccc(OC(C)C)c(Cl)c2)cc1. The normalized spacial score (nSPS) is 15.3. The summed E-state index contributed by atoms with van der Waals surface area (Å²) in [6, 6.07) is 12.7. The van der Waals surface area contributed by atoms with Gasteiger partial charge in [0.15, 0.2) is 0 Å². The van der Waals surface area contributed by atoms with Crippen molar-refractivity contribution in [1.29, 1.82) is 0 Å². The molecule has 0 radical (unpaired) electrons. The number of carboxylic acid groups (broad SMARTS) is 1. The van der Waals surface area contributed by atoms with E-state index < -0.39 is 5.97 Å². The zero-order chi connectivity index (χ0) is 23.3. The van der Waals surface area contributed by atoms with Gasteiger partial charge in [-0.1, -0.05) is 41.4 Å². The molecule has 0 unspecified atom stereocenters. The van der Waals surface area contributed by atoms with E-state index in [1.54, 1.807) is 18.2 Å². The maximum atomic E-state index is 13.1. The first-order valence-corrected chi connectivity index (χ1v) is 10.7. The predicted molar refractivity (Wildman–Crippen MR) is 123 cm³/mol. The summed E-state index contributed by atoms with van der Waals surface area (Å²) in [7, 11) is 0. The number of ether oxygens (including phenoxy) is 1. The van der Waals surface area contributed by atoms with E-state index in [2.05, 4.69) is 10.3 Å². The van der Waals surface area contributed by atoms with Crippen LogP contribution in [0.2, 0.25) is 5.02 Å². The quantitative estimate of drug-likeness (QED) is 0.612. The predicted octanol–water partition coefficient (Wildman–Crippen LogP) is 4.38. The number of hydrogen-bond acceptors (Lipinski definition) is 4. The van der Waals surface area contributed by atoms with E-state index in [0.717, 1.165) is 11.1 Å². The molecule has 0 spiro atoms. The lowest BCUT2D eigenvalue weighted by molar-refractivity contribution is -0.137. The largest absolute Gasteiger partial charge is 0.489 e. The Morgan fingerprint density at radius 3 is 2.59 bits per heavy atom. The van der Waals surface area contributed by atoms with Crippen LogP contribution in [0.25, 0.3) is 0 Å². The molecule has 3 rings (SSSR count). The first-order chi connectivity index (χ1) is 15.2. The van der Waals surface area contributed by atoms with Crippen molar-refractivity contribution in [3.05, 3.63) is 58.6 Å². The highest BCUT2D eigenvalue weighted by Crippen LogP contribution is 2.30. The minimum absolute atomic E-state index is 0.0101. The number of carboxylic acids is 1. The molecule has 2 aromatic carbocycles. The molecule has 0 saturated carbocycles. The van der Waals surface area contributed by atoms with Crippen LogP contribution in [0.15, 0.2) is 47.5 Å². The van der Waals surface area contributed by atoms with Crippen molar-refractivity contribution in [3.63, 3.8) is 0 Å². The lowest BCUT2D eigenvalue weighted by Crippen LogP contribution is -2.59. The third-order valence-electron chi connectivity index (χ3n) is 4.76. The zero-order valence-electron chi connectivity index (χ0n) is 18.3. The third-order valence-corrected chi connectivity index (χ3v) is 5.05. The molecule has 9 heteroatoms. The molecule has 170 valence electrons. The van der Waals surface area contributed by atoms with E-state index in [1.807, 2.05) is 45.0 Å². The second-order valence-corrected chi connectivity index (χ2v) is 8.22. The van der Waals surface area contributed by atoms with Crippen LogP contribution in [0.3, 0.4) is 0 Å². The van der Waals surface area contributed by atoms with E-state index in [9.17, 15) is 9.59 Å². The van der Waals surface area contributed by atoms with Crippen molar-refractivity contribution >= 4 is 35.2 Å². The Morgan fingerprint density at radius 2 is 1.97 bits per heavy atom. The van der Waals surface area contributed by atoms with E-state index in [0.29, 0.717) is 22.4 Å². The highest BCUT2D eigenvalue weighted by atomic mass is 35.5. The van der Waals surface area contributed by atoms with Crippen molar-refractivity contribution in [1.82, 2.24) is 15.1 Å². The van der Waals surface area contributed by atoms with Gasteiger partial charge in [-0.25, -0.2) is 9.79 Å². The van der Waals surface area contributed by atoms with Crippen LogP contribution in [0.1, 0.15) is 31.4 Å². The molecule has 0 aliphatic carbocycles. The van der Waals surface area contributed by atoms with Crippen LogP contribution < -0.4 is 10.1 Å². The van der Waals surface area contributed by atoms with E-state index in [1.165, 1.54) is 9.80 Å². The number of benzene rings is 2. The summed E-state index contributed by atoms with van der Waals surface area (Å²) in [5, 5.41) is 12.5. The Morgan fingerprint density at radius 1 is 1.25 bits per heavy atom. The summed E-state index contributed by atoms with van der Waals surface area (Å²) >= 11 is 6.34. The molecule has 0 atom stereocenters. The first-order valence-electron chi connectivity index (χ1n) is 10.4. The number of carbonyl (C=O) groups excluding carboxylic acids is 1. The van der Waals surface area contributed by atoms with E-state index >= 15 is 0 Å². The van der Waals surface area contributed by atoms with Crippen molar-refractivity contribution in [2.75, 3.05) is 13.2 Å². The number of halogens is 1. The molecule has 0 bridgehead atoms. The molecular formula is C23H27ClN4O4. The summed E-state index contributed by atoms with van der Waals surface area (Å²) < 4.78 is 5.66. The topological polar surface area (TPSA) is 94.5 Å². The molecule has 1 heterocycles. The van der Waals surface area contributed by atoms with Crippen LogP contribution in [-0.4, -0.2) is 52.2 Å². The molecule has 2 aromatic rings. The summed E-state index contributed by atoms with van der Waals surface area (Å²) in [6.45, 7) is 6.39. The zero-order valence-corrected chi connectivity index (χ0v) is 19.1. The number of rotatable bonds is 8. The average Bonchev–Trinajstić information content (AvgIpc) is 2.73. The minimum Gasteiger partial charge on any atom is -0.489 e. The second-order valence-electron chi connectivity index (χ2n) is 7.81. The van der Waals surface area contributed by atoms with Gasteiger partial charge in [-0.2, -0.15) is 0 Å². The van der Waals surface area contributed by atoms with E-state index in [4.69, 9.17) is 21.4 Å². The van der Waals surface area contributed by atoms with Crippen LogP contribution in [0, 0.1) is 6.92 Å². The molecule has 1 fully saturated rings. The molecule has 32 heavy (non-hydrogen) atoms. The Labute approximate surface area is 192 Å². The van der Waals surface area contributed by atoms with Gasteiger partial charge in [-0.3, -0.25) is 9.69 Å². The Balaban J connectivity index is 1.88. The highest BCUT2D eigenvalue weighted by Gasteiger charge is 2.30. The van der Waals surface area contributed by atoms with Gasteiger partial charge in [0.1, 0.15) is 5.75 Å². The van der Waals surface area contributed by atoms with Gasteiger partial charge in [-0.05, 0) is 44.5 Å². The van der Waals surface area contributed by atoms with Crippen LogP contribution >= 0.6 is 11.6 Å². The van der Waals surface area contributed by atoms with Crippen LogP contribution in [-0.2, 0) is 11.3 Å². The number of amides is 2. The number of aliphatic imine (C=N–C) groups is 1. The maximum absolute atomic E-state index is 13.1. The van der Waals surface area contributed by atoms with Gasteiger partial charge in [0.25, 0.3) is 0 Å². The summed E-state index contributed by atoms with van der Waals surface area (Å²) in [5.41, 5.74) is 2.61. The van der Waals surface area contributed by atoms with Gasteiger partial charge in [0, 0.05) is 6.54 Å². The van der Waals surface area contributed by atoms with Gasteiger partial charge < -0.3 is 20.1 Å². The number of nitrogens with zero attached hydrogens (tertiary/aromatic N) is 3. The van der Waals surface area contributed by atoms with E-state index in [-0.39, 0.29) is 38.3 Å². The Hall–Kier alpha value is -3.26. The van der Waals surface area contributed by atoms with Crippen molar-refractivity contribution in [3.8, 4) is 5.75 Å². The van der Waals surface area contributed by atoms with Crippen molar-refractivity contribution < 1.29 is 19.4 Å². The molecule has 8 nitrogen and oxygen atoms in total. The average molecular weight is 459 g/mol. The fraction of sp³-hybridized carbons (Fsp3) is 0.348. The van der Waals surface area contributed by atoms with Crippen molar-refractivity contribution in [2.24, 2.45) is 4.99 Å². The van der Waals surface area contributed by atoms with Gasteiger partial charge in [0.2, 0.25) is 5.96 Å². The van der Waals surface area contributed by atoms with Gasteiger partial charge >= 0.3 is 12.0 Å². The number of guanidine groups is 1. The number of aryl methyl sites for hydroxylation is 1. The fourth-order valence-electron chi connectivity index (χ4n) is 3.15. The van der Waals surface area contributed by atoms with Crippen molar-refractivity contribution in [2.45, 2.75) is 39.8 Å². The van der Waals surface area contributed by atoms with Gasteiger partial charge in [-0.15, -0.1) is 0 Å². The monoisotopic (exact) mass is 458 g/mol. The molecule has 1 saturated heterocycles. The number of aliphatic carboxylic acids is 1. The number of nitrogens with one attached hydrogen (secondary N) is 1. The molecule has 1 aliphatic heterocycles. The molecule has 2 N–H and O–H groups in total. The lowest BCUT2D eigenvalue weighted by Gasteiger charge is -2.37. The smallest absolute Gasteiger partial charge is 0.328 e. The highest BCUT2D eigenvalue weighted by molar-refractivity contribution is 6.32. The first kappa shape index (κ1) is 23.4. The standard InChI is InChI=1S/C23H27ClN4O4/c1-15(2)32-20-9-8-18(12-19(20)24)26-22-25-14-27(11-10-21(29)30)23(31)28(22)13-17-6-4-16(3)5-7-17/h4-9,12,15H,10-11,13-14H2,1-3H3,(H,25,26)(H,29,30). The maximum Gasteiger partial charge on any atom is 0.328 e. The second kappa shape index (κ2) is 10.4. The number of carbonyl (C=O) groups is 2. The molecule has 2 amide bonds. The summed E-state index contributed by atoms with van der Waals surface area (Å²) in [6.07, 6.45) is -0.144. The van der Waals surface area contributed by atoms with Crippen LogP contribution in [0.5, 0.6) is 5.75 Å². The third kappa shape index (κ3) is 6.13. The molecular weight excluding hydrogens is 432 g/mol. The Bertz CT molecular complexity index is 1010. The summed E-state index contributed by atoms with van der Waals surface area (Å²) in [5.74, 6) is -0.0221. The molecule has 0 aromatic heterocycles. The minimum atomic E-state index is -0.958. The van der Waals surface area contributed by atoms with Crippen LogP contribution in [0.4, 0.5) is 10.5 Å². The fourth-order valence-corrected chi connectivity index (χ4v) is 3.36. The lowest BCUT2D eigenvalue weighted by atomic mass is 10.1. The summed E-state index contributed by atoms with van der Waals surface area (Å²) in [4.78, 5) is 31.7. The Kier molecular flexibility index (Phi) is 7.58. The number of urea groups is 1.